The van der Waals surface area contributed by atoms with Crippen LogP contribution in [0, 0.1) is 0 Å². The Hall–Kier alpha value is -8.28. The molecule has 14 rings (SSSR count). The Morgan fingerprint density at radius 3 is 1.84 bits per heavy atom. The smallest absolute Gasteiger partial charge is 0.236 e. The molecule has 0 N–H and O–H groups in total. The summed E-state index contributed by atoms with van der Waals surface area (Å²) in [7, 11) is 0. The van der Waals surface area contributed by atoms with E-state index in [2.05, 4.69) is 185 Å². The maximum absolute atomic E-state index is 6.62. The molecule has 9 aromatic carbocycles. The average Bonchev–Trinajstić information content (AvgIpc) is 3.95. The zero-order chi connectivity index (χ0) is 39.8. The van der Waals surface area contributed by atoms with Crippen LogP contribution < -0.4 is 0 Å². The number of hydrogen-bond donors (Lipinski definition) is 0. The molecular weight excluding hydrogens is 745 g/mol. The normalized spacial score (nSPS) is 12.3. The number of aromatic nitrogens is 4. The highest BCUT2D eigenvalue weighted by Crippen LogP contribution is 2.48. The molecule has 0 fully saturated rings. The first kappa shape index (κ1) is 32.7. The van der Waals surface area contributed by atoms with Crippen molar-refractivity contribution in [2.24, 2.45) is 0 Å². The SMILES string of the molecule is c1ccc2c(c1)-c1ccccc1-n1c3cc4c5ccccc5n(-c5nc(-c6ccc(-c7cccc8ccccc78)cc6)c6oc7ccccc7c6n5)c4cc3c3cccc-2c31. The second-order valence-corrected chi connectivity index (χ2v) is 16.1. The number of hydrogen-bond acceptors (Lipinski definition) is 3. The largest absolute Gasteiger partial charge is 0.452 e. The van der Waals surface area contributed by atoms with Crippen LogP contribution in [0.4, 0.5) is 0 Å². The van der Waals surface area contributed by atoms with Crippen LogP contribution in [0.2, 0.25) is 0 Å². The number of benzene rings is 9. The van der Waals surface area contributed by atoms with Crippen molar-refractivity contribution in [3.05, 3.63) is 194 Å². The van der Waals surface area contributed by atoms with Gasteiger partial charge in [-0.05, 0) is 69.4 Å². The standard InChI is InChI=1S/C56H32N4O/c1-2-15-36-33(13-1)14-11-21-37(36)34-27-29-35(30-28-34)52-55-53(44-20-7-10-26-51(44)61-55)58-56(57-52)60-48-25-9-6-19-41(48)45-31-49-46(32-50(45)60)43-23-12-22-42-39-17-4-3-16-38(39)40-18-5-8-24-47(40)59(49)54(42)43/h1-32H. The van der Waals surface area contributed by atoms with Gasteiger partial charge in [0.05, 0.1) is 27.8 Å². The molecule has 4 aromatic heterocycles. The highest BCUT2D eigenvalue weighted by Gasteiger charge is 2.27. The fraction of sp³-hybridized carbons (Fsp3) is 0. The molecular formula is C56H32N4O. The Labute approximate surface area is 349 Å². The first-order valence-electron chi connectivity index (χ1n) is 20.7. The summed E-state index contributed by atoms with van der Waals surface area (Å²) < 4.78 is 11.4. The number of fused-ring (bicyclic) bond motifs is 15. The number of nitrogens with zero attached hydrogens (tertiary/aromatic N) is 4. The van der Waals surface area contributed by atoms with Crippen LogP contribution in [0.3, 0.4) is 0 Å². The Balaban J connectivity index is 1.05. The fourth-order valence-electron chi connectivity index (χ4n) is 10.2. The summed E-state index contributed by atoms with van der Waals surface area (Å²) in [6.07, 6.45) is 0. The van der Waals surface area contributed by atoms with Gasteiger partial charge in [0.2, 0.25) is 5.95 Å². The molecule has 1 aliphatic heterocycles. The Morgan fingerprint density at radius 2 is 0.967 bits per heavy atom. The van der Waals surface area contributed by atoms with E-state index in [9.17, 15) is 0 Å². The van der Waals surface area contributed by atoms with E-state index < -0.39 is 0 Å². The van der Waals surface area contributed by atoms with Gasteiger partial charge in [-0.25, -0.2) is 9.97 Å². The second-order valence-electron chi connectivity index (χ2n) is 16.1. The minimum Gasteiger partial charge on any atom is -0.452 e. The van der Waals surface area contributed by atoms with Gasteiger partial charge in [0, 0.05) is 43.6 Å². The van der Waals surface area contributed by atoms with Crippen molar-refractivity contribution in [2.75, 3.05) is 0 Å². The fourth-order valence-corrected chi connectivity index (χ4v) is 10.2. The van der Waals surface area contributed by atoms with E-state index in [-0.39, 0.29) is 0 Å². The monoisotopic (exact) mass is 776 g/mol. The molecule has 0 spiro atoms. The van der Waals surface area contributed by atoms with E-state index >= 15 is 0 Å². The van der Waals surface area contributed by atoms with Crippen molar-refractivity contribution in [2.45, 2.75) is 0 Å². The molecule has 5 heteroatoms. The number of para-hydroxylation sites is 4. The first-order chi connectivity index (χ1) is 30.3. The van der Waals surface area contributed by atoms with Crippen LogP contribution >= 0.6 is 0 Å². The molecule has 0 saturated carbocycles. The van der Waals surface area contributed by atoms with Crippen molar-refractivity contribution in [1.82, 2.24) is 19.1 Å². The van der Waals surface area contributed by atoms with Gasteiger partial charge < -0.3 is 8.98 Å². The van der Waals surface area contributed by atoms with Crippen LogP contribution in [-0.4, -0.2) is 19.1 Å². The van der Waals surface area contributed by atoms with E-state index in [1.807, 2.05) is 18.2 Å². The predicted octanol–water partition coefficient (Wildman–Crippen LogP) is 14.7. The summed E-state index contributed by atoms with van der Waals surface area (Å²) in [6, 6.07) is 69.7. The lowest BCUT2D eigenvalue weighted by molar-refractivity contribution is 0.666. The lowest BCUT2D eigenvalue weighted by Crippen LogP contribution is -2.03. The molecule has 0 amide bonds. The van der Waals surface area contributed by atoms with Gasteiger partial charge >= 0.3 is 0 Å². The van der Waals surface area contributed by atoms with Crippen molar-refractivity contribution >= 4 is 76.5 Å². The number of rotatable bonds is 3. The van der Waals surface area contributed by atoms with Crippen molar-refractivity contribution in [3.63, 3.8) is 0 Å². The van der Waals surface area contributed by atoms with E-state index in [1.54, 1.807) is 0 Å². The van der Waals surface area contributed by atoms with Gasteiger partial charge in [-0.2, -0.15) is 0 Å². The molecule has 0 saturated heterocycles. The molecule has 1 aliphatic rings. The molecule has 5 nitrogen and oxygen atoms in total. The molecule has 0 aliphatic carbocycles. The first-order valence-corrected chi connectivity index (χ1v) is 20.7. The topological polar surface area (TPSA) is 48.8 Å². The van der Waals surface area contributed by atoms with Crippen LogP contribution in [-0.2, 0) is 0 Å². The maximum atomic E-state index is 6.62. The van der Waals surface area contributed by atoms with Crippen molar-refractivity contribution in [3.8, 4) is 56.3 Å². The lowest BCUT2D eigenvalue weighted by atomic mass is 9.94. The maximum Gasteiger partial charge on any atom is 0.236 e. The Kier molecular flexibility index (Phi) is 6.49. The summed E-state index contributed by atoms with van der Waals surface area (Å²) in [6.45, 7) is 0. The van der Waals surface area contributed by atoms with E-state index in [4.69, 9.17) is 14.4 Å². The molecule has 13 aromatic rings. The van der Waals surface area contributed by atoms with Crippen molar-refractivity contribution < 1.29 is 4.42 Å². The summed E-state index contributed by atoms with van der Waals surface area (Å²) in [4.78, 5) is 10.9. The minimum atomic E-state index is 0.600. The molecule has 0 unspecified atom stereocenters. The molecule has 0 atom stereocenters. The van der Waals surface area contributed by atoms with Crippen LogP contribution in [0.25, 0.3) is 133 Å². The highest BCUT2D eigenvalue weighted by molar-refractivity contribution is 6.22. The Bertz CT molecular complexity index is 3990. The molecule has 61 heavy (non-hydrogen) atoms. The molecule has 282 valence electrons. The summed E-state index contributed by atoms with van der Waals surface area (Å²) in [5, 5.41) is 8.09. The van der Waals surface area contributed by atoms with E-state index in [0.29, 0.717) is 11.5 Å². The second kappa shape index (κ2) is 12.1. The third-order valence-corrected chi connectivity index (χ3v) is 12.9. The van der Waals surface area contributed by atoms with Gasteiger partial charge in [0.25, 0.3) is 0 Å². The average molecular weight is 777 g/mol. The van der Waals surface area contributed by atoms with Gasteiger partial charge in [-0.1, -0.05) is 158 Å². The summed E-state index contributed by atoms with van der Waals surface area (Å²) in [5.41, 5.74) is 16.9. The zero-order valence-electron chi connectivity index (χ0n) is 32.7. The van der Waals surface area contributed by atoms with E-state index in [1.165, 1.54) is 66.1 Å². The lowest BCUT2D eigenvalue weighted by Gasteiger charge is -2.12. The van der Waals surface area contributed by atoms with Crippen molar-refractivity contribution in [1.29, 1.82) is 0 Å². The van der Waals surface area contributed by atoms with Crippen LogP contribution in [0.1, 0.15) is 0 Å². The summed E-state index contributed by atoms with van der Waals surface area (Å²) >= 11 is 0. The van der Waals surface area contributed by atoms with Crippen LogP contribution in [0.15, 0.2) is 199 Å². The highest BCUT2D eigenvalue weighted by atomic mass is 16.3. The van der Waals surface area contributed by atoms with Crippen LogP contribution in [0.5, 0.6) is 0 Å². The molecule has 0 bridgehead atoms. The van der Waals surface area contributed by atoms with E-state index in [0.717, 1.165) is 55.1 Å². The van der Waals surface area contributed by atoms with Gasteiger partial charge in [0.1, 0.15) is 16.8 Å². The Morgan fingerprint density at radius 1 is 0.377 bits per heavy atom. The van der Waals surface area contributed by atoms with Gasteiger partial charge in [-0.3, -0.25) is 4.57 Å². The zero-order valence-corrected chi connectivity index (χ0v) is 32.7. The predicted molar refractivity (Wildman–Crippen MR) is 251 cm³/mol. The molecule has 0 radical (unpaired) electrons. The van der Waals surface area contributed by atoms with Gasteiger partial charge in [-0.15, -0.1) is 0 Å². The third-order valence-electron chi connectivity index (χ3n) is 12.9. The van der Waals surface area contributed by atoms with Gasteiger partial charge in [0.15, 0.2) is 5.58 Å². The minimum absolute atomic E-state index is 0.600. The summed E-state index contributed by atoms with van der Waals surface area (Å²) in [5.74, 6) is 0.600. The number of furan rings is 1. The third kappa shape index (κ3) is 4.49. The quantitative estimate of drug-likeness (QED) is 0.180. The molecule has 5 heterocycles.